The second-order valence-electron chi connectivity index (χ2n) is 9.60. The molecule has 4 aromatic rings. The highest BCUT2D eigenvalue weighted by molar-refractivity contribution is 6.32. The molecule has 44 heavy (non-hydrogen) atoms. The Hall–Kier alpha value is -4.42. The zero-order valence-corrected chi connectivity index (χ0v) is 24.3. The molecule has 0 bridgehead atoms. The summed E-state index contributed by atoms with van der Waals surface area (Å²) < 4.78 is 78.7. The van der Waals surface area contributed by atoms with Crippen LogP contribution in [0.4, 0.5) is 58.7 Å². The molecule has 0 fully saturated rings. The molecule has 0 atom stereocenters. The molecule has 230 valence electrons. The number of aryl methyl sites for hydroxylation is 2. The van der Waals surface area contributed by atoms with Gasteiger partial charge in [-0.3, -0.25) is 0 Å². The first-order valence-electron chi connectivity index (χ1n) is 12.6. The lowest BCUT2D eigenvalue weighted by molar-refractivity contribution is -0.138. The normalized spacial score (nSPS) is 11.6. The van der Waals surface area contributed by atoms with Crippen LogP contribution in [-0.4, -0.2) is 12.1 Å². The van der Waals surface area contributed by atoms with Crippen LogP contribution in [0.15, 0.2) is 72.8 Å². The van der Waals surface area contributed by atoms with Crippen LogP contribution in [0, 0.1) is 13.8 Å². The van der Waals surface area contributed by atoms with Crippen molar-refractivity contribution in [3.63, 3.8) is 0 Å². The lowest BCUT2D eigenvalue weighted by atomic mass is 10.00. The monoisotopic (exact) mass is 654 g/mol. The number of urea groups is 2. The third-order valence-corrected chi connectivity index (χ3v) is 7.00. The Morgan fingerprint density at radius 2 is 0.909 bits per heavy atom. The predicted molar refractivity (Wildman–Crippen MR) is 160 cm³/mol. The number of alkyl halides is 6. The van der Waals surface area contributed by atoms with E-state index in [0.717, 1.165) is 35.4 Å². The summed E-state index contributed by atoms with van der Waals surface area (Å²) in [7, 11) is 0. The summed E-state index contributed by atoms with van der Waals surface area (Å²) >= 11 is 11.2. The van der Waals surface area contributed by atoms with Gasteiger partial charge in [-0.1, -0.05) is 35.3 Å². The summed E-state index contributed by atoms with van der Waals surface area (Å²) in [6.07, 6.45) is -9.36. The molecule has 4 N–H and O–H groups in total. The molecule has 0 heterocycles. The van der Waals surface area contributed by atoms with Gasteiger partial charge < -0.3 is 21.3 Å². The summed E-state index contributed by atoms with van der Waals surface area (Å²) in [4.78, 5) is 24.9. The molecular formula is C30H22Cl2F6N4O2. The van der Waals surface area contributed by atoms with E-state index < -0.39 is 45.6 Å². The lowest BCUT2D eigenvalue weighted by Gasteiger charge is -2.15. The average Bonchev–Trinajstić information content (AvgIpc) is 2.92. The quantitative estimate of drug-likeness (QED) is 0.161. The zero-order valence-electron chi connectivity index (χ0n) is 22.8. The van der Waals surface area contributed by atoms with Crippen molar-refractivity contribution < 1.29 is 35.9 Å². The molecular weight excluding hydrogens is 633 g/mol. The van der Waals surface area contributed by atoms with Gasteiger partial charge >= 0.3 is 24.4 Å². The van der Waals surface area contributed by atoms with Crippen molar-refractivity contribution in [2.75, 3.05) is 21.3 Å². The van der Waals surface area contributed by atoms with Crippen molar-refractivity contribution in [1.29, 1.82) is 0 Å². The fourth-order valence-electron chi connectivity index (χ4n) is 4.18. The first-order valence-corrected chi connectivity index (χ1v) is 13.4. The molecule has 0 aromatic heterocycles. The van der Waals surface area contributed by atoms with Gasteiger partial charge in [-0.25, -0.2) is 9.59 Å². The molecule has 4 amide bonds. The van der Waals surface area contributed by atoms with E-state index in [1.165, 1.54) is 12.1 Å². The minimum atomic E-state index is -4.68. The van der Waals surface area contributed by atoms with Crippen LogP contribution in [0.5, 0.6) is 0 Å². The number of carbonyl (C=O) groups is 2. The maximum absolute atomic E-state index is 13.1. The Morgan fingerprint density at radius 1 is 0.545 bits per heavy atom. The summed E-state index contributed by atoms with van der Waals surface area (Å²) in [6, 6.07) is 14.8. The van der Waals surface area contributed by atoms with Gasteiger partial charge in [-0.15, -0.1) is 0 Å². The fraction of sp³-hybridized carbons (Fsp3) is 0.133. The Morgan fingerprint density at radius 3 is 1.23 bits per heavy atom. The summed E-state index contributed by atoms with van der Waals surface area (Å²) in [5, 5.41) is 8.93. The number of anilines is 4. The molecule has 4 aromatic carbocycles. The molecule has 14 heteroatoms. The summed E-state index contributed by atoms with van der Waals surface area (Å²) in [6.45, 7) is 3.47. The molecule has 0 aliphatic carbocycles. The average molecular weight is 655 g/mol. The minimum absolute atomic E-state index is 0.0921. The van der Waals surface area contributed by atoms with Crippen LogP contribution in [-0.2, 0) is 12.4 Å². The zero-order chi connectivity index (χ0) is 32.4. The van der Waals surface area contributed by atoms with Crippen LogP contribution < -0.4 is 21.3 Å². The van der Waals surface area contributed by atoms with E-state index >= 15 is 0 Å². The smallest absolute Gasteiger partial charge is 0.308 e. The summed E-state index contributed by atoms with van der Waals surface area (Å²) in [5.74, 6) is 0. The number of nitrogens with one attached hydrogen (secondary N) is 4. The van der Waals surface area contributed by atoms with Gasteiger partial charge in [0.1, 0.15) is 0 Å². The Labute approximate surface area is 257 Å². The van der Waals surface area contributed by atoms with Crippen molar-refractivity contribution in [3.8, 4) is 11.1 Å². The number of hydrogen-bond acceptors (Lipinski definition) is 2. The molecule has 0 spiro atoms. The van der Waals surface area contributed by atoms with Crippen LogP contribution in [0.25, 0.3) is 11.1 Å². The first-order chi connectivity index (χ1) is 20.5. The predicted octanol–water partition coefficient (Wildman–Crippen LogP) is 10.6. The van der Waals surface area contributed by atoms with E-state index in [0.29, 0.717) is 22.5 Å². The van der Waals surface area contributed by atoms with E-state index in [-0.39, 0.29) is 11.4 Å². The van der Waals surface area contributed by atoms with Gasteiger partial charge in [0.25, 0.3) is 0 Å². The molecule has 0 aliphatic rings. The van der Waals surface area contributed by atoms with E-state index in [9.17, 15) is 35.9 Å². The molecule has 0 unspecified atom stereocenters. The van der Waals surface area contributed by atoms with Gasteiger partial charge in [0.05, 0.1) is 21.2 Å². The maximum Gasteiger partial charge on any atom is 0.417 e. The molecule has 4 rings (SSSR count). The maximum atomic E-state index is 13.1. The number of carbonyl (C=O) groups excluding carboxylic acids is 2. The van der Waals surface area contributed by atoms with Crippen LogP contribution in [0.3, 0.4) is 0 Å². The van der Waals surface area contributed by atoms with Crippen LogP contribution in [0.2, 0.25) is 10.0 Å². The standard InChI is InChI=1S/C30H22Cl2F6N4O2/c1-15-11-17(3-9-25(15)41-27(43)39-19-5-7-23(31)21(13-19)29(33,34)35)18-4-10-26(16(2)12-18)42-28(44)40-20-6-8-24(32)22(14-20)30(36,37)38/h3-14H,1-2H3,(H2,39,41,43)(H2,40,42,44). The number of hydrogen-bond donors (Lipinski definition) is 4. The number of halogens is 8. The minimum Gasteiger partial charge on any atom is -0.308 e. The van der Waals surface area contributed by atoms with Crippen molar-refractivity contribution in [2.24, 2.45) is 0 Å². The lowest BCUT2D eigenvalue weighted by Crippen LogP contribution is -2.20. The van der Waals surface area contributed by atoms with E-state index in [2.05, 4.69) is 21.3 Å². The topological polar surface area (TPSA) is 82.3 Å². The SMILES string of the molecule is Cc1cc(-c2ccc(NC(=O)Nc3ccc(Cl)c(C(F)(F)F)c3)c(C)c2)ccc1NC(=O)Nc1ccc(Cl)c(C(F)(F)F)c1. The third kappa shape index (κ3) is 7.94. The van der Waals surface area contributed by atoms with Crippen molar-refractivity contribution in [2.45, 2.75) is 26.2 Å². The Balaban J connectivity index is 1.41. The highest BCUT2D eigenvalue weighted by atomic mass is 35.5. The fourth-order valence-corrected chi connectivity index (χ4v) is 4.63. The van der Waals surface area contributed by atoms with Gasteiger partial charge in [0, 0.05) is 22.7 Å². The number of benzene rings is 4. The van der Waals surface area contributed by atoms with E-state index in [1.54, 1.807) is 50.2 Å². The van der Waals surface area contributed by atoms with Gasteiger partial charge in [0.15, 0.2) is 0 Å². The third-order valence-electron chi connectivity index (χ3n) is 6.34. The molecule has 0 radical (unpaired) electrons. The van der Waals surface area contributed by atoms with E-state index in [4.69, 9.17) is 23.2 Å². The van der Waals surface area contributed by atoms with Gasteiger partial charge in [-0.2, -0.15) is 26.3 Å². The van der Waals surface area contributed by atoms with Gasteiger partial charge in [-0.05, 0) is 96.8 Å². The summed E-state index contributed by atoms with van der Waals surface area (Å²) in [5.41, 5.74) is 1.34. The Kier molecular flexibility index (Phi) is 9.36. The first kappa shape index (κ1) is 32.5. The van der Waals surface area contributed by atoms with Crippen molar-refractivity contribution in [1.82, 2.24) is 0 Å². The highest BCUT2D eigenvalue weighted by Gasteiger charge is 2.34. The van der Waals surface area contributed by atoms with Crippen molar-refractivity contribution >= 4 is 58.0 Å². The second kappa shape index (κ2) is 12.7. The largest absolute Gasteiger partial charge is 0.417 e. The molecule has 0 saturated carbocycles. The van der Waals surface area contributed by atoms with E-state index in [1.807, 2.05) is 0 Å². The molecule has 6 nitrogen and oxygen atoms in total. The number of rotatable bonds is 5. The highest BCUT2D eigenvalue weighted by Crippen LogP contribution is 2.37. The van der Waals surface area contributed by atoms with Crippen LogP contribution >= 0.6 is 23.2 Å². The number of amides is 4. The molecule has 0 aliphatic heterocycles. The van der Waals surface area contributed by atoms with Gasteiger partial charge in [0.2, 0.25) is 0 Å². The van der Waals surface area contributed by atoms with Crippen molar-refractivity contribution in [3.05, 3.63) is 105 Å². The Bertz CT molecular complexity index is 1620. The molecule has 0 saturated heterocycles. The van der Waals surface area contributed by atoms with Crippen LogP contribution in [0.1, 0.15) is 22.3 Å². The second-order valence-corrected chi connectivity index (χ2v) is 10.4.